The minimum absolute atomic E-state index is 0.0466. The van der Waals surface area contributed by atoms with Gasteiger partial charge in [-0.15, -0.1) is 0 Å². The van der Waals surface area contributed by atoms with E-state index < -0.39 is 4.92 Å². The van der Waals surface area contributed by atoms with Gasteiger partial charge in [-0.25, -0.2) is 0 Å². The molecule has 1 saturated heterocycles. The SMILES string of the molecule is Cc1cc(C=NN2C(=O)[C@@H]3[C@H](C2=O)[C@H]2C=C[C@H]3C2)c(C)n1-c1ccc(OCc2ccc([N+](=O)[O-])cc2)cc1. The predicted octanol–water partition coefficient (Wildman–Crippen LogP) is 4.72. The van der Waals surface area contributed by atoms with Gasteiger partial charge in [0.05, 0.1) is 23.0 Å². The monoisotopic (exact) mass is 510 g/mol. The van der Waals surface area contributed by atoms with Crippen molar-refractivity contribution >= 4 is 23.7 Å². The molecule has 2 heterocycles. The van der Waals surface area contributed by atoms with E-state index in [2.05, 4.69) is 21.8 Å². The molecular formula is C29H26N4O5. The van der Waals surface area contributed by atoms with Gasteiger partial charge in [-0.2, -0.15) is 10.1 Å². The van der Waals surface area contributed by atoms with Gasteiger partial charge in [0.2, 0.25) is 0 Å². The molecule has 2 aliphatic carbocycles. The van der Waals surface area contributed by atoms with Crippen LogP contribution in [0, 0.1) is 47.6 Å². The first kappa shape index (κ1) is 23.8. The van der Waals surface area contributed by atoms with Crippen molar-refractivity contribution in [3.8, 4) is 11.4 Å². The number of imide groups is 1. The summed E-state index contributed by atoms with van der Waals surface area (Å²) < 4.78 is 7.92. The molecule has 0 unspecified atom stereocenters. The quantitative estimate of drug-likeness (QED) is 0.150. The van der Waals surface area contributed by atoms with Crippen LogP contribution in [0.4, 0.5) is 5.69 Å². The zero-order valence-electron chi connectivity index (χ0n) is 21.0. The van der Waals surface area contributed by atoms with Crippen molar-refractivity contribution < 1.29 is 19.2 Å². The number of amides is 2. The fourth-order valence-corrected chi connectivity index (χ4v) is 6.01. The van der Waals surface area contributed by atoms with E-state index in [4.69, 9.17) is 4.74 Å². The number of aromatic nitrogens is 1. The Balaban J connectivity index is 1.14. The lowest BCUT2D eigenvalue weighted by molar-refractivity contribution is -0.384. The maximum absolute atomic E-state index is 12.9. The fraction of sp³-hybridized carbons (Fsp3) is 0.276. The Morgan fingerprint density at radius 1 is 1.00 bits per heavy atom. The molecule has 2 fully saturated rings. The van der Waals surface area contributed by atoms with Crippen LogP contribution in [-0.4, -0.2) is 32.5 Å². The number of carbonyl (C=O) groups is 2. The highest BCUT2D eigenvalue weighted by Gasteiger charge is 2.59. The Morgan fingerprint density at radius 2 is 1.63 bits per heavy atom. The molecule has 3 aliphatic rings. The first-order chi connectivity index (χ1) is 18.3. The maximum atomic E-state index is 12.9. The highest BCUT2D eigenvalue weighted by Crippen LogP contribution is 2.52. The van der Waals surface area contributed by atoms with E-state index in [1.807, 2.05) is 44.2 Å². The van der Waals surface area contributed by atoms with Crippen molar-refractivity contribution in [1.82, 2.24) is 9.58 Å². The van der Waals surface area contributed by atoms with Gasteiger partial charge < -0.3 is 9.30 Å². The standard InChI is InChI=1S/C29H26N4O5/c1-17-13-22(15-30-32-28(34)26-20-5-6-21(14-20)27(26)29(32)35)18(2)31(17)23-9-11-25(12-10-23)38-16-19-3-7-24(8-4-19)33(36)37/h3-13,15,20-21,26-27H,14,16H2,1-2H3/t20-,21-,26-,27+/m0/s1. The third-order valence-corrected chi connectivity index (χ3v) is 7.88. The number of fused-ring (bicyclic) bond motifs is 5. The molecule has 0 radical (unpaired) electrons. The number of hydrazone groups is 1. The Hall–Kier alpha value is -4.53. The second kappa shape index (κ2) is 9.09. The molecule has 38 heavy (non-hydrogen) atoms. The summed E-state index contributed by atoms with van der Waals surface area (Å²) in [4.78, 5) is 36.2. The second-order valence-electron chi connectivity index (χ2n) is 10.1. The van der Waals surface area contributed by atoms with Crippen molar-refractivity contribution in [2.45, 2.75) is 26.9 Å². The molecule has 1 aliphatic heterocycles. The molecule has 9 heteroatoms. The molecule has 6 rings (SSSR count). The summed E-state index contributed by atoms with van der Waals surface area (Å²) in [5.41, 5.74) is 4.58. The van der Waals surface area contributed by atoms with E-state index in [1.165, 1.54) is 12.1 Å². The van der Waals surface area contributed by atoms with Gasteiger partial charge in [-0.1, -0.05) is 12.2 Å². The number of nitrogens with zero attached hydrogens (tertiary/aromatic N) is 4. The highest BCUT2D eigenvalue weighted by atomic mass is 16.6. The lowest BCUT2D eigenvalue weighted by atomic mass is 9.85. The van der Waals surface area contributed by atoms with Crippen molar-refractivity contribution in [2.24, 2.45) is 28.8 Å². The predicted molar refractivity (Wildman–Crippen MR) is 140 cm³/mol. The average Bonchev–Trinajstić information content (AvgIpc) is 3.66. The van der Waals surface area contributed by atoms with Crippen molar-refractivity contribution in [3.05, 3.63) is 99.4 Å². The lowest BCUT2D eigenvalue weighted by Gasteiger charge is -2.13. The van der Waals surface area contributed by atoms with Gasteiger partial charge in [0.1, 0.15) is 12.4 Å². The average molecular weight is 511 g/mol. The molecule has 2 aromatic carbocycles. The highest BCUT2D eigenvalue weighted by molar-refractivity contribution is 6.06. The molecule has 9 nitrogen and oxygen atoms in total. The molecule has 2 amide bonds. The van der Waals surface area contributed by atoms with Crippen LogP contribution in [0.15, 0.2) is 71.9 Å². The summed E-state index contributed by atoms with van der Waals surface area (Å²) in [6.07, 6.45) is 6.65. The third-order valence-electron chi connectivity index (χ3n) is 7.88. The Morgan fingerprint density at radius 3 is 2.24 bits per heavy atom. The summed E-state index contributed by atoms with van der Waals surface area (Å²) in [5, 5.41) is 16.2. The Kier molecular flexibility index (Phi) is 5.71. The minimum Gasteiger partial charge on any atom is -0.489 e. The van der Waals surface area contributed by atoms with Crippen molar-refractivity contribution in [2.75, 3.05) is 0 Å². The van der Waals surface area contributed by atoms with E-state index in [1.54, 1.807) is 18.3 Å². The van der Waals surface area contributed by atoms with Gasteiger partial charge in [0.15, 0.2) is 0 Å². The Bertz CT molecular complexity index is 1470. The van der Waals surface area contributed by atoms with Gasteiger partial charge in [-0.3, -0.25) is 19.7 Å². The summed E-state index contributed by atoms with van der Waals surface area (Å²) in [5.74, 6) is 0.0981. The number of rotatable bonds is 7. The van der Waals surface area contributed by atoms with Crippen LogP contribution in [0.3, 0.4) is 0 Å². The summed E-state index contributed by atoms with van der Waals surface area (Å²) in [6, 6.07) is 15.9. The zero-order chi connectivity index (χ0) is 26.6. The number of aryl methyl sites for hydroxylation is 1. The van der Waals surface area contributed by atoms with Crippen LogP contribution < -0.4 is 4.74 Å². The van der Waals surface area contributed by atoms with Crippen molar-refractivity contribution in [1.29, 1.82) is 0 Å². The molecule has 1 saturated carbocycles. The first-order valence-corrected chi connectivity index (χ1v) is 12.6. The molecular weight excluding hydrogens is 484 g/mol. The van der Waals surface area contributed by atoms with Gasteiger partial charge >= 0.3 is 0 Å². The Labute approximate surface area is 219 Å². The van der Waals surface area contributed by atoms with E-state index in [-0.39, 0.29) is 41.2 Å². The van der Waals surface area contributed by atoms with Gasteiger partial charge in [-0.05, 0) is 80.1 Å². The number of allylic oxidation sites excluding steroid dienone is 2. The molecule has 0 spiro atoms. The maximum Gasteiger partial charge on any atom is 0.269 e. The number of non-ortho nitro benzene ring substituents is 1. The molecule has 192 valence electrons. The van der Waals surface area contributed by atoms with E-state index in [0.29, 0.717) is 12.4 Å². The van der Waals surface area contributed by atoms with E-state index >= 15 is 0 Å². The molecule has 0 N–H and O–H groups in total. The van der Waals surface area contributed by atoms with Crippen LogP contribution in [0.1, 0.15) is 28.9 Å². The summed E-state index contributed by atoms with van der Waals surface area (Å²) >= 11 is 0. The molecule has 2 bridgehead atoms. The van der Waals surface area contributed by atoms with E-state index in [0.717, 1.165) is 39.6 Å². The lowest BCUT2D eigenvalue weighted by Crippen LogP contribution is -2.28. The van der Waals surface area contributed by atoms with Crippen LogP contribution in [0.25, 0.3) is 5.69 Å². The number of carbonyl (C=O) groups excluding carboxylic acids is 2. The minimum atomic E-state index is -0.428. The van der Waals surface area contributed by atoms with E-state index in [9.17, 15) is 19.7 Å². The van der Waals surface area contributed by atoms with Crippen LogP contribution in [0.5, 0.6) is 5.75 Å². The third kappa shape index (κ3) is 3.91. The second-order valence-corrected chi connectivity index (χ2v) is 10.1. The summed E-state index contributed by atoms with van der Waals surface area (Å²) in [6.45, 7) is 4.26. The fourth-order valence-electron chi connectivity index (χ4n) is 6.01. The molecule has 3 aromatic rings. The topological polar surface area (TPSA) is 107 Å². The first-order valence-electron chi connectivity index (χ1n) is 12.6. The normalized spacial score (nSPS) is 23.6. The summed E-state index contributed by atoms with van der Waals surface area (Å²) in [7, 11) is 0. The number of ether oxygens (including phenoxy) is 1. The smallest absolute Gasteiger partial charge is 0.269 e. The number of nitro groups is 1. The number of benzene rings is 2. The number of nitro benzene ring substituents is 1. The van der Waals surface area contributed by atoms with Crippen LogP contribution in [-0.2, 0) is 16.2 Å². The largest absolute Gasteiger partial charge is 0.489 e. The zero-order valence-corrected chi connectivity index (χ0v) is 21.0. The van der Waals surface area contributed by atoms with Crippen molar-refractivity contribution in [3.63, 3.8) is 0 Å². The van der Waals surface area contributed by atoms with Gasteiger partial charge in [0.25, 0.3) is 17.5 Å². The van der Waals surface area contributed by atoms with Gasteiger partial charge in [0, 0.05) is 34.8 Å². The van der Waals surface area contributed by atoms with Crippen LogP contribution >= 0.6 is 0 Å². The number of hydrogen-bond acceptors (Lipinski definition) is 6. The number of hydrogen-bond donors (Lipinski definition) is 0. The molecule has 4 atom stereocenters. The molecule has 1 aromatic heterocycles. The van der Waals surface area contributed by atoms with Crippen LogP contribution in [0.2, 0.25) is 0 Å².